The second-order valence-corrected chi connectivity index (χ2v) is 5.87. The molecule has 0 bridgehead atoms. The van der Waals surface area contributed by atoms with Crippen molar-refractivity contribution in [3.05, 3.63) is 59.4 Å². The van der Waals surface area contributed by atoms with Gasteiger partial charge in [0.2, 0.25) is 5.91 Å². The number of hydrogen-bond donors (Lipinski definition) is 2. The number of para-hydroxylation sites is 1. The van der Waals surface area contributed by atoms with Gasteiger partial charge in [0.1, 0.15) is 5.82 Å². The normalized spacial score (nSPS) is 17.0. The first kappa shape index (κ1) is 16.3. The first-order chi connectivity index (χ1) is 11.5. The van der Waals surface area contributed by atoms with Crippen LogP contribution in [-0.2, 0) is 4.79 Å². The molecule has 1 aliphatic rings. The molecule has 0 saturated carbocycles. The molecular weight excluding hydrogens is 333 g/mol. The monoisotopic (exact) mass is 347 g/mol. The van der Waals surface area contributed by atoms with Crippen molar-refractivity contribution in [2.45, 2.75) is 12.5 Å². The number of hydrogen-bond acceptors (Lipinski definition) is 2. The van der Waals surface area contributed by atoms with Crippen LogP contribution in [0.15, 0.2) is 48.5 Å². The average Bonchev–Trinajstić information content (AvgIpc) is 2.90. The van der Waals surface area contributed by atoms with Crippen molar-refractivity contribution in [3.63, 3.8) is 0 Å². The zero-order valence-corrected chi connectivity index (χ0v) is 13.4. The van der Waals surface area contributed by atoms with Crippen LogP contribution >= 0.6 is 11.6 Å². The summed E-state index contributed by atoms with van der Waals surface area (Å²) in [5.74, 6) is -0.572. The van der Waals surface area contributed by atoms with E-state index in [1.54, 1.807) is 36.4 Å². The van der Waals surface area contributed by atoms with E-state index in [2.05, 4.69) is 10.6 Å². The lowest BCUT2D eigenvalue weighted by Gasteiger charge is -2.17. The van der Waals surface area contributed by atoms with E-state index >= 15 is 0 Å². The number of amides is 3. The Morgan fingerprint density at radius 1 is 1.21 bits per heavy atom. The zero-order valence-electron chi connectivity index (χ0n) is 12.6. The Kier molecular flexibility index (Phi) is 4.66. The summed E-state index contributed by atoms with van der Waals surface area (Å²) in [5, 5.41) is 5.81. The summed E-state index contributed by atoms with van der Waals surface area (Å²) in [4.78, 5) is 25.6. The van der Waals surface area contributed by atoms with Gasteiger partial charge in [-0.25, -0.2) is 9.18 Å². The highest BCUT2D eigenvalue weighted by Crippen LogP contribution is 2.23. The summed E-state index contributed by atoms with van der Waals surface area (Å²) in [6.45, 7) is 0.290. The Morgan fingerprint density at radius 3 is 2.75 bits per heavy atom. The minimum atomic E-state index is -0.443. The summed E-state index contributed by atoms with van der Waals surface area (Å²) in [6, 6.07) is 11.9. The van der Waals surface area contributed by atoms with Gasteiger partial charge in [0.05, 0.1) is 16.8 Å². The quantitative estimate of drug-likeness (QED) is 0.893. The first-order valence-electron chi connectivity index (χ1n) is 7.41. The number of halogens is 2. The van der Waals surface area contributed by atoms with Crippen LogP contribution in [0, 0.1) is 5.82 Å². The molecule has 0 spiro atoms. The van der Waals surface area contributed by atoms with E-state index in [0.717, 1.165) is 0 Å². The highest BCUT2D eigenvalue weighted by atomic mass is 35.5. The Labute approximate surface area is 143 Å². The Hall–Kier alpha value is -2.60. The van der Waals surface area contributed by atoms with Gasteiger partial charge in [-0.15, -0.1) is 0 Å². The molecule has 2 aromatic carbocycles. The lowest BCUT2D eigenvalue weighted by molar-refractivity contribution is -0.117. The standard InChI is InChI=1S/C17H15ClFN3O2/c18-14-6-1-2-7-15(14)21-17(24)20-12-9-16(23)22(10-12)13-5-3-4-11(19)8-13/h1-8,12H,9-10H2,(H2,20,21,24). The van der Waals surface area contributed by atoms with E-state index in [0.29, 0.717) is 16.4 Å². The van der Waals surface area contributed by atoms with E-state index in [1.807, 2.05) is 0 Å². The van der Waals surface area contributed by atoms with Crippen molar-refractivity contribution in [3.8, 4) is 0 Å². The third-order valence-electron chi connectivity index (χ3n) is 3.70. The van der Waals surface area contributed by atoms with Crippen LogP contribution in [0.2, 0.25) is 5.02 Å². The predicted molar refractivity (Wildman–Crippen MR) is 90.8 cm³/mol. The van der Waals surface area contributed by atoms with E-state index in [4.69, 9.17) is 11.6 Å². The zero-order chi connectivity index (χ0) is 17.1. The molecule has 24 heavy (non-hydrogen) atoms. The second-order valence-electron chi connectivity index (χ2n) is 5.46. The molecule has 0 aliphatic carbocycles. The van der Waals surface area contributed by atoms with Crippen molar-refractivity contribution >= 4 is 34.9 Å². The lowest BCUT2D eigenvalue weighted by Crippen LogP contribution is -2.39. The van der Waals surface area contributed by atoms with E-state index < -0.39 is 11.8 Å². The predicted octanol–water partition coefficient (Wildman–Crippen LogP) is 3.41. The average molecular weight is 348 g/mol. The molecule has 1 saturated heterocycles. The highest BCUT2D eigenvalue weighted by Gasteiger charge is 2.31. The largest absolute Gasteiger partial charge is 0.333 e. The first-order valence-corrected chi connectivity index (χ1v) is 7.79. The van der Waals surface area contributed by atoms with Crippen molar-refractivity contribution in [1.82, 2.24) is 5.32 Å². The molecule has 3 amide bonds. The van der Waals surface area contributed by atoms with E-state index in [1.165, 1.54) is 17.0 Å². The van der Waals surface area contributed by atoms with Crippen LogP contribution in [-0.4, -0.2) is 24.5 Å². The minimum Gasteiger partial charge on any atom is -0.333 e. The Morgan fingerprint density at radius 2 is 2.00 bits per heavy atom. The number of rotatable bonds is 3. The molecule has 1 fully saturated rings. The Bertz CT molecular complexity index is 784. The number of carbonyl (C=O) groups is 2. The summed E-state index contributed by atoms with van der Waals surface area (Å²) >= 11 is 5.99. The Balaban J connectivity index is 1.62. The maximum Gasteiger partial charge on any atom is 0.319 e. The molecular formula is C17H15ClFN3O2. The number of nitrogens with one attached hydrogen (secondary N) is 2. The van der Waals surface area contributed by atoms with Gasteiger partial charge in [-0.1, -0.05) is 29.8 Å². The summed E-state index contributed by atoms with van der Waals surface area (Å²) in [5.41, 5.74) is 0.971. The van der Waals surface area contributed by atoms with Crippen LogP contribution in [0.3, 0.4) is 0 Å². The fourth-order valence-electron chi connectivity index (χ4n) is 2.60. The van der Waals surface area contributed by atoms with Gasteiger partial charge in [-0.05, 0) is 30.3 Å². The SMILES string of the molecule is O=C(Nc1ccccc1Cl)NC1CC(=O)N(c2cccc(F)c2)C1. The topological polar surface area (TPSA) is 61.4 Å². The molecule has 7 heteroatoms. The molecule has 1 heterocycles. The van der Waals surface area contributed by atoms with Crippen molar-refractivity contribution in [1.29, 1.82) is 0 Å². The van der Waals surface area contributed by atoms with Crippen molar-refractivity contribution in [2.75, 3.05) is 16.8 Å². The number of nitrogens with zero attached hydrogens (tertiary/aromatic N) is 1. The molecule has 1 aliphatic heterocycles. The van der Waals surface area contributed by atoms with Gasteiger partial charge in [0.15, 0.2) is 0 Å². The summed E-state index contributed by atoms with van der Waals surface area (Å²) in [6.07, 6.45) is 0.159. The van der Waals surface area contributed by atoms with Crippen molar-refractivity contribution in [2.24, 2.45) is 0 Å². The third-order valence-corrected chi connectivity index (χ3v) is 4.03. The van der Waals surface area contributed by atoms with Crippen LogP contribution in [0.1, 0.15) is 6.42 Å². The molecule has 0 radical (unpaired) electrons. The molecule has 3 rings (SSSR count). The van der Waals surface area contributed by atoms with Gasteiger partial charge in [-0.2, -0.15) is 0 Å². The van der Waals surface area contributed by atoms with Crippen molar-refractivity contribution < 1.29 is 14.0 Å². The maximum absolute atomic E-state index is 13.3. The third kappa shape index (κ3) is 3.65. The van der Waals surface area contributed by atoms with Crippen LogP contribution < -0.4 is 15.5 Å². The molecule has 0 aromatic heterocycles. The number of urea groups is 1. The fourth-order valence-corrected chi connectivity index (χ4v) is 2.79. The number of anilines is 2. The highest BCUT2D eigenvalue weighted by molar-refractivity contribution is 6.33. The lowest BCUT2D eigenvalue weighted by atomic mass is 10.2. The van der Waals surface area contributed by atoms with Gasteiger partial charge < -0.3 is 15.5 Å². The van der Waals surface area contributed by atoms with Crippen LogP contribution in [0.5, 0.6) is 0 Å². The molecule has 124 valence electrons. The fraction of sp³-hybridized carbons (Fsp3) is 0.176. The van der Waals surface area contributed by atoms with Crippen LogP contribution in [0.4, 0.5) is 20.6 Å². The van der Waals surface area contributed by atoms with E-state index in [-0.39, 0.29) is 24.9 Å². The van der Waals surface area contributed by atoms with Gasteiger partial charge in [-0.3, -0.25) is 4.79 Å². The molecule has 5 nitrogen and oxygen atoms in total. The van der Waals surface area contributed by atoms with Gasteiger partial charge >= 0.3 is 6.03 Å². The van der Waals surface area contributed by atoms with Gasteiger partial charge in [0, 0.05) is 18.7 Å². The maximum atomic E-state index is 13.3. The number of benzene rings is 2. The molecule has 2 aromatic rings. The second kappa shape index (κ2) is 6.88. The smallest absolute Gasteiger partial charge is 0.319 e. The number of carbonyl (C=O) groups excluding carboxylic acids is 2. The molecule has 1 unspecified atom stereocenters. The molecule has 2 N–H and O–H groups in total. The van der Waals surface area contributed by atoms with Crippen LogP contribution in [0.25, 0.3) is 0 Å². The van der Waals surface area contributed by atoms with E-state index in [9.17, 15) is 14.0 Å². The minimum absolute atomic E-state index is 0.159. The summed E-state index contributed by atoms with van der Waals surface area (Å²) < 4.78 is 13.3. The summed E-state index contributed by atoms with van der Waals surface area (Å²) in [7, 11) is 0. The van der Waals surface area contributed by atoms with Gasteiger partial charge in [0.25, 0.3) is 0 Å². The molecule has 1 atom stereocenters.